The van der Waals surface area contributed by atoms with Crippen LogP contribution in [0.1, 0.15) is 52.9 Å². The number of hydrazine groups is 2. The Morgan fingerprint density at radius 2 is 2.02 bits per heavy atom. The van der Waals surface area contributed by atoms with Gasteiger partial charge >= 0.3 is 6.03 Å². The lowest BCUT2D eigenvalue weighted by Gasteiger charge is -2.59. The summed E-state index contributed by atoms with van der Waals surface area (Å²) in [5.74, 6) is 0.466. The maximum absolute atomic E-state index is 16.1. The fraction of sp³-hybridized carbons (Fsp3) is 0.786. The third kappa shape index (κ3) is 4.86. The average Bonchev–Trinajstić information content (AvgIpc) is 3.40. The van der Waals surface area contributed by atoms with Gasteiger partial charge in [-0.05, 0) is 63.5 Å². The molecule has 4 bridgehead atoms. The molecule has 0 saturated carbocycles. The minimum absolute atomic E-state index is 0.00738. The summed E-state index contributed by atoms with van der Waals surface area (Å²) in [5.41, 5.74) is 7.46. The van der Waals surface area contributed by atoms with Gasteiger partial charge < -0.3 is 25.9 Å². The minimum Gasteiger partial charge on any atom is -0.336 e. The number of urea groups is 1. The van der Waals surface area contributed by atoms with E-state index in [9.17, 15) is 9.59 Å². The van der Waals surface area contributed by atoms with Crippen LogP contribution in [0.2, 0.25) is 0 Å². The van der Waals surface area contributed by atoms with E-state index in [1.807, 2.05) is 6.20 Å². The highest BCUT2D eigenvalue weighted by molar-refractivity contribution is 5.87. The molecule has 9 atom stereocenters. The molecule has 5 N–H and O–H groups in total. The number of nitrogens with zero attached hydrogens (tertiary/aromatic N) is 4. The summed E-state index contributed by atoms with van der Waals surface area (Å²) in [6.45, 7) is 12.8. The molecule has 4 saturated heterocycles. The van der Waals surface area contributed by atoms with Crippen LogP contribution in [0.4, 0.5) is 9.18 Å². The largest absolute Gasteiger partial charge is 0.336 e. The maximum Gasteiger partial charge on any atom is 0.320 e. The molecular formula is C28H46FN9O2. The van der Waals surface area contributed by atoms with Gasteiger partial charge in [-0.25, -0.2) is 9.18 Å². The number of piperazine rings is 1. The minimum atomic E-state index is -1.14. The van der Waals surface area contributed by atoms with Gasteiger partial charge in [-0.15, -0.1) is 5.53 Å². The molecule has 222 valence electrons. The molecular weight excluding hydrogens is 513 g/mol. The number of fused-ring (bicyclic) bond motifs is 5. The number of carbonyl (C=O) groups is 2. The second kappa shape index (κ2) is 11.1. The molecule has 40 heavy (non-hydrogen) atoms. The van der Waals surface area contributed by atoms with Crippen LogP contribution in [0.15, 0.2) is 24.6 Å². The van der Waals surface area contributed by atoms with Crippen molar-refractivity contribution in [1.29, 1.82) is 0 Å². The number of halogens is 1. The summed E-state index contributed by atoms with van der Waals surface area (Å²) in [6.07, 6.45) is 5.19. The smallest absolute Gasteiger partial charge is 0.320 e. The van der Waals surface area contributed by atoms with Gasteiger partial charge in [-0.2, -0.15) is 0 Å². The van der Waals surface area contributed by atoms with Gasteiger partial charge in [0, 0.05) is 49.5 Å². The van der Waals surface area contributed by atoms with Crippen molar-refractivity contribution in [2.75, 3.05) is 26.2 Å². The van der Waals surface area contributed by atoms with Crippen LogP contribution in [-0.4, -0.2) is 101 Å². The first kappa shape index (κ1) is 27.7. The first-order valence-electron chi connectivity index (χ1n) is 15.2. The van der Waals surface area contributed by atoms with Crippen LogP contribution in [-0.2, 0) is 4.79 Å². The van der Waals surface area contributed by atoms with Crippen LogP contribution >= 0.6 is 0 Å². The number of hydrogen-bond donors (Lipinski definition) is 5. The number of hydrogen-bond acceptors (Lipinski definition) is 8. The van der Waals surface area contributed by atoms with E-state index in [1.54, 1.807) is 9.91 Å². The van der Waals surface area contributed by atoms with E-state index in [-0.39, 0.29) is 48.3 Å². The molecule has 8 unspecified atom stereocenters. The summed E-state index contributed by atoms with van der Waals surface area (Å²) < 4.78 is 16.1. The van der Waals surface area contributed by atoms with Crippen LogP contribution < -0.4 is 26.9 Å². The van der Waals surface area contributed by atoms with Crippen LogP contribution in [0.25, 0.3) is 0 Å². The summed E-state index contributed by atoms with van der Waals surface area (Å²) in [6, 6.07) is 0.0940. The van der Waals surface area contributed by atoms with Gasteiger partial charge in [-0.1, -0.05) is 20.4 Å². The third-order valence-corrected chi connectivity index (χ3v) is 10.1. The predicted octanol–water partition coefficient (Wildman–Crippen LogP) is 1.01. The molecule has 6 heterocycles. The topological polar surface area (TPSA) is 107 Å². The molecule has 6 aliphatic heterocycles. The second-order valence-electron chi connectivity index (χ2n) is 12.8. The van der Waals surface area contributed by atoms with E-state index < -0.39 is 12.3 Å². The molecule has 4 fully saturated rings. The molecule has 0 aliphatic carbocycles. The number of carbonyl (C=O) groups excluding carboxylic acids is 2. The summed E-state index contributed by atoms with van der Waals surface area (Å²) in [4.78, 5) is 32.7. The Hall–Kier alpha value is -2.41. The SMILES string of the molecule is C=CC(=O)N1CCN(C2NC(=O)N3C4NC(C(F)CC42)N2C=C(CCCC4CCNC(C(C)C)C43)NN2)[C@@H](C)C1. The molecule has 6 aliphatic rings. The van der Waals surface area contributed by atoms with Crippen molar-refractivity contribution in [3.63, 3.8) is 0 Å². The Labute approximate surface area is 236 Å². The van der Waals surface area contributed by atoms with Crippen LogP contribution in [0.3, 0.4) is 0 Å². The van der Waals surface area contributed by atoms with Crippen molar-refractivity contribution < 1.29 is 14.0 Å². The molecule has 0 aromatic carbocycles. The van der Waals surface area contributed by atoms with Crippen LogP contribution in [0, 0.1) is 17.8 Å². The Balaban J connectivity index is 1.36. The third-order valence-electron chi connectivity index (χ3n) is 10.1. The molecule has 6 rings (SSSR count). The Morgan fingerprint density at radius 3 is 2.77 bits per heavy atom. The highest BCUT2D eigenvalue weighted by Gasteiger charge is 2.56. The molecule has 0 aromatic rings. The zero-order valence-corrected chi connectivity index (χ0v) is 24.0. The number of allylic oxidation sites excluding steroid dienone is 1. The van der Waals surface area contributed by atoms with Gasteiger partial charge in [-0.3, -0.25) is 20.0 Å². The highest BCUT2D eigenvalue weighted by Crippen LogP contribution is 2.40. The first-order chi connectivity index (χ1) is 19.3. The summed E-state index contributed by atoms with van der Waals surface area (Å²) >= 11 is 0. The van der Waals surface area contributed by atoms with E-state index >= 15 is 4.39 Å². The van der Waals surface area contributed by atoms with Gasteiger partial charge in [0.25, 0.3) is 0 Å². The highest BCUT2D eigenvalue weighted by atomic mass is 19.1. The predicted molar refractivity (Wildman–Crippen MR) is 149 cm³/mol. The number of nitrogens with one attached hydrogen (secondary N) is 5. The van der Waals surface area contributed by atoms with Gasteiger partial charge in [0.15, 0.2) is 0 Å². The maximum atomic E-state index is 16.1. The van der Waals surface area contributed by atoms with E-state index in [0.717, 1.165) is 37.9 Å². The van der Waals surface area contributed by atoms with E-state index in [2.05, 4.69) is 64.1 Å². The van der Waals surface area contributed by atoms with Crippen molar-refractivity contribution in [3.05, 3.63) is 24.6 Å². The Morgan fingerprint density at radius 1 is 1.20 bits per heavy atom. The molecule has 0 aromatic heterocycles. The normalized spacial score (nSPS) is 40.3. The summed E-state index contributed by atoms with van der Waals surface area (Å²) in [7, 11) is 0. The fourth-order valence-corrected chi connectivity index (χ4v) is 8.13. The van der Waals surface area contributed by atoms with Crippen molar-refractivity contribution in [2.45, 2.75) is 95.7 Å². The van der Waals surface area contributed by atoms with Gasteiger partial charge in [0.1, 0.15) is 12.3 Å². The van der Waals surface area contributed by atoms with Crippen LogP contribution in [0.5, 0.6) is 0 Å². The zero-order chi connectivity index (χ0) is 28.1. The number of rotatable bonds is 3. The Bertz CT molecular complexity index is 1030. The average molecular weight is 560 g/mol. The number of piperidine rings is 2. The monoisotopic (exact) mass is 559 g/mol. The lowest BCUT2D eigenvalue weighted by molar-refractivity contribution is -0.132. The first-order valence-corrected chi connectivity index (χ1v) is 15.2. The molecule has 0 radical (unpaired) electrons. The fourth-order valence-electron chi connectivity index (χ4n) is 8.13. The molecule has 3 amide bonds. The van der Waals surface area contributed by atoms with E-state index in [0.29, 0.717) is 37.9 Å². The molecule has 12 heteroatoms. The molecule has 0 spiro atoms. The lowest BCUT2D eigenvalue weighted by Crippen LogP contribution is -2.80. The van der Waals surface area contributed by atoms with Crippen molar-refractivity contribution in [1.82, 2.24) is 46.6 Å². The molecule has 11 nitrogen and oxygen atoms in total. The number of amides is 3. The van der Waals surface area contributed by atoms with Gasteiger partial charge in [0.05, 0.1) is 18.4 Å². The second-order valence-corrected chi connectivity index (χ2v) is 12.8. The van der Waals surface area contributed by atoms with E-state index in [4.69, 9.17) is 0 Å². The summed E-state index contributed by atoms with van der Waals surface area (Å²) in [5, 5.41) is 12.5. The standard InChI is InChI=1S/C28H46FN9O2/c1-5-22(39)35-11-12-36(17(4)14-35)25-20-13-21(29)27-31-26(20)38(28(40)32-25)24-18(9-10-30-23(24)16(2)3)7-6-8-19-15-37(27)34-33-19/h5,15-18,20-21,23-27,30-31,33-34H,1,6-14H2,2-4H3,(H,32,40)/t17-,18?,20?,21?,23?,24?,25?,26?,27?/m0/s1. The van der Waals surface area contributed by atoms with Crippen molar-refractivity contribution >= 4 is 11.9 Å². The van der Waals surface area contributed by atoms with Crippen molar-refractivity contribution in [3.8, 4) is 0 Å². The quantitative estimate of drug-likeness (QED) is 0.326. The van der Waals surface area contributed by atoms with Crippen molar-refractivity contribution in [2.24, 2.45) is 17.8 Å². The van der Waals surface area contributed by atoms with Gasteiger partial charge in [0.2, 0.25) is 5.91 Å². The number of alkyl halides is 1. The lowest BCUT2D eigenvalue weighted by atomic mass is 9.76. The Kier molecular flexibility index (Phi) is 7.71. The zero-order valence-electron chi connectivity index (χ0n) is 24.0. The van der Waals surface area contributed by atoms with E-state index in [1.165, 1.54) is 6.08 Å².